The lowest BCUT2D eigenvalue weighted by Crippen LogP contribution is -2.16. The summed E-state index contributed by atoms with van der Waals surface area (Å²) < 4.78 is 0. The zero-order valence-corrected chi connectivity index (χ0v) is 15.8. The van der Waals surface area contributed by atoms with Crippen LogP contribution in [0.4, 0.5) is 11.4 Å². The molecule has 0 aliphatic heterocycles. The summed E-state index contributed by atoms with van der Waals surface area (Å²) in [6, 6.07) is 10.4. The lowest BCUT2D eigenvalue weighted by Gasteiger charge is -2.08. The zero-order chi connectivity index (χ0) is 20.8. The Bertz CT molecular complexity index is 981. The Labute approximate surface area is 166 Å². The molecule has 0 radical (unpaired) electrons. The molecule has 0 atom stereocenters. The molecule has 0 fully saturated rings. The summed E-state index contributed by atoms with van der Waals surface area (Å²) >= 11 is 5.79. The molecule has 7 nitrogen and oxygen atoms in total. The fraction of sp³-hybridized carbons (Fsp3) is 0.100. The molecule has 2 aromatic carbocycles. The van der Waals surface area contributed by atoms with Gasteiger partial charge < -0.3 is 15.7 Å². The van der Waals surface area contributed by atoms with Gasteiger partial charge in [0.25, 0.3) is 5.91 Å². The third kappa shape index (κ3) is 5.52. The van der Waals surface area contributed by atoms with Crippen LogP contribution in [0.1, 0.15) is 34.6 Å². The number of carboxylic acid groups (broad SMARTS) is 1. The molecule has 0 saturated carbocycles. The van der Waals surface area contributed by atoms with Crippen molar-refractivity contribution in [1.82, 2.24) is 0 Å². The van der Waals surface area contributed by atoms with Gasteiger partial charge in [-0.3, -0.25) is 14.4 Å². The highest BCUT2D eigenvalue weighted by Crippen LogP contribution is 2.21. The molecule has 0 unspecified atom stereocenters. The van der Waals surface area contributed by atoms with Crippen LogP contribution in [0.3, 0.4) is 0 Å². The Balaban J connectivity index is 2.04. The van der Waals surface area contributed by atoms with Crippen LogP contribution in [-0.2, 0) is 9.59 Å². The topological polar surface area (TPSA) is 113 Å². The van der Waals surface area contributed by atoms with Crippen molar-refractivity contribution in [2.45, 2.75) is 13.8 Å². The third-order valence-corrected chi connectivity index (χ3v) is 4.05. The first-order chi connectivity index (χ1) is 13.2. The first kappa shape index (κ1) is 20.9. The first-order valence-electron chi connectivity index (χ1n) is 8.12. The number of Topliss-reactive ketones (excluding diaryl/α,β-unsaturated/α-hetero) is 1. The Morgan fingerprint density at radius 3 is 2.11 bits per heavy atom. The average Bonchev–Trinajstić information content (AvgIpc) is 2.63. The van der Waals surface area contributed by atoms with Crippen molar-refractivity contribution in [3.8, 4) is 0 Å². The highest BCUT2D eigenvalue weighted by molar-refractivity contribution is 6.33. The predicted molar refractivity (Wildman–Crippen MR) is 106 cm³/mol. The molecule has 144 valence electrons. The number of carbonyl (C=O) groups is 4. The number of benzene rings is 2. The molecule has 0 saturated heterocycles. The van der Waals surface area contributed by atoms with Gasteiger partial charge in [-0.05, 0) is 56.3 Å². The number of hydrogen-bond acceptors (Lipinski definition) is 4. The minimum Gasteiger partial charge on any atom is -0.478 e. The van der Waals surface area contributed by atoms with E-state index in [9.17, 15) is 19.2 Å². The van der Waals surface area contributed by atoms with E-state index in [1.54, 1.807) is 24.3 Å². The van der Waals surface area contributed by atoms with E-state index in [-0.39, 0.29) is 27.6 Å². The molecule has 2 rings (SSSR count). The minimum absolute atomic E-state index is 0.0490. The molecule has 0 bridgehead atoms. The number of aromatic carboxylic acids is 1. The lowest BCUT2D eigenvalue weighted by atomic mass is 10.1. The van der Waals surface area contributed by atoms with E-state index in [1.807, 2.05) is 0 Å². The molecule has 0 aliphatic carbocycles. The van der Waals surface area contributed by atoms with Gasteiger partial charge in [-0.15, -0.1) is 0 Å². The molecular weight excluding hydrogens is 384 g/mol. The average molecular weight is 401 g/mol. The Kier molecular flexibility index (Phi) is 6.68. The van der Waals surface area contributed by atoms with Gasteiger partial charge in [-0.1, -0.05) is 11.6 Å². The molecule has 0 aromatic heterocycles. The summed E-state index contributed by atoms with van der Waals surface area (Å²) in [6.07, 6.45) is 1.11. The first-order valence-corrected chi connectivity index (χ1v) is 8.49. The number of carbonyl (C=O) groups excluding carboxylic acids is 3. The molecule has 8 heteroatoms. The highest BCUT2D eigenvalue weighted by atomic mass is 35.5. The third-order valence-electron chi connectivity index (χ3n) is 3.72. The molecule has 2 aromatic rings. The van der Waals surface area contributed by atoms with Crippen molar-refractivity contribution in [3.63, 3.8) is 0 Å². The van der Waals surface area contributed by atoms with E-state index in [2.05, 4.69) is 10.6 Å². The normalized spacial score (nSPS) is 10.9. The van der Waals surface area contributed by atoms with Gasteiger partial charge in [0, 0.05) is 28.6 Å². The van der Waals surface area contributed by atoms with E-state index >= 15 is 0 Å². The number of hydrogen-bond donors (Lipinski definition) is 3. The maximum absolute atomic E-state index is 12.2. The maximum Gasteiger partial charge on any atom is 0.337 e. The van der Waals surface area contributed by atoms with E-state index in [0.29, 0.717) is 11.3 Å². The van der Waals surface area contributed by atoms with Crippen molar-refractivity contribution in [2.24, 2.45) is 0 Å². The van der Waals surface area contributed by atoms with Crippen molar-refractivity contribution >= 4 is 46.5 Å². The maximum atomic E-state index is 12.2. The van der Waals surface area contributed by atoms with E-state index in [1.165, 1.54) is 32.0 Å². The highest BCUT2D eigenvalue weighted by Gasteiger charge is 2.12. The number of ketones is 1. The molecule has 0 spiro atoms. The number of carboxylic acids is 1. The van der Waals surface area contributed by atoms with E-state index < -0.39 is 17.8 Å². The second-order valence-corrected chi connectivity index (χ2v) is 6.31. The summed E-state index contributed by atoms with van der Waals surface area (Å²) in [4.78, 5) is 46.6. The van der Waals surface area contributed by atoms with Gasteiger partial charge in [0.1, 0.15) is 0 Å². The van der Waals surface area contributed by atoms with Crippen LogP contribution in [-0.4, -0.2) is 28.7 Å². The number of amides is 2. The monoisotopic (exact) mass is 400 g/mol. The van der Waals surface area contributed by atoms with Gasteiger partial charge in [0.2, 0.25) is 5.91 Å². The number of nitrogens with one attached hydrogen (secondary N) is 2. The standard InChI is InChI=1S/C20H17ClN2O5/c1-11(9-18(25)22-14-5-3-13(4-6-14)12(2)24)19(26)23-15-7-8-17(21)16(10-15)20(27)28/h3-10H,1-2H3,(H,22,25)(H,23,26)(H,27,28)/b11-9-. The van der Waals surface area contributed by atoms with Crippen LogP contribution >= 0.6 is 11.6 Å². The molecule has 0 aliphatic rings. The van der Waals surface area contributed by atoms with Gasteiger partial charge in [0.05, 0.1) is 10.6 Å². The lowest BCUT2D eigenvalue weighted by molar-refractivity contribution is -0.114. The second-order valence-electron chi connectivity index (χ2n) is 5.90. The summed E-state index contributed by atoms with van der Waals surface area (Å²) in [5.74, 6) is -2.40. The fourth-order valence-electron chi connectivity index (χ4n) is 2.23. The van der Waals surface area contributed by atoms with Crippen LogP contribution in [0, 0.1) is 0 Å². The summed E-state index contributed by atoms with van der Waals surface area (Å²) in [6.45, 7) is 2.89. The molecule has 28 heavy (non-hydrogen) atoms. The largest absolute Gasteiger partial charge is 0.478 e. The van der Waals surface area contributed by atoms with Gasteiger partial charge >= 0.3 is 5.97 Å². The predicted octanol–water partition coefficient (Wildman–Crippen LogP) is 3.76. The Morgan fingerprint density at radius 1 is 0.929 bits per heavy atom. The second kappa shape index (κ2) is 8.96. The van der Waals surface area contributed by atoms with Crippen molar-refractivity contribution in [1.29, 1.82) is 0 Å². The van der Waals surface area contributed by atoms with Crippen LogP contribution < -0.4 is 10.6 Å². The van der Waals surface area contributed by atoms with E-state index in [0.717, 1.165) is 6.08 Å². The molecular formula is C20H17ClN2O5. The summed E-state index contributed by atoms with van der Waals surface area (Å²) in [5.41, 5.74) is 1.20. The number of anilines is 2. The Hall–Kier alpha value is -3.45. The smallest absolute Gasteiger partial charge is 0.337 e. The van der Waals surface area contributed by atoms with Gasteiger partial charge in [-0.25, -0.2) is 4.79 Å². The van der Waals surface area contributed by atoms with Gasteiger partial charge in [-0.2, -0.15) is 0 Å². The molecule has 3 N–H and O–H groups in total. The fourth-order valence-corrected chi connectivity index (χ4v) is 2.42. The van der Waals surface area contributed by atoms with Crippen LogP contribution in [0.5, 0.6) is 0 Å². The van der Waals surface area contributed by atoms with Crippen LogP contribution in [0.2, 0.25) is 5.02 Å². The Morgan fingerprint density at radius 2 is 1.54 bits per heavy atom. The summed E-state index contributed by atoms with van der Waals surface area (Å²) in [7, 11) is 0. The molecule has 0 heterocycles. The molecule has 2 amide bonds. The quantitative estimate of drug-likeness (QED) is 0.504. The van der Waals surface area contributed by atoms with Crippen molar-refractivity contribution in [2.75, 3.05) is 10.6 Å². The minimum atomic E-state index is -1.22. The van der Waals surface area contributed by atoms with Crippen molar-refractivity contribution < 1.29 is 24.3 Å². The number of halogens is 1. The summed E-state index contributed by atoms with van der Waals surface area (Å²) in [5, 5.41) is 14.2. The number of rotatable bonds is 6. The van der Waals surface area contributed by atoms with Crippen LogP contribution in [0.15, 0.2) is 54.1 Å². The van der Waals surface area contributed by atoms with Gasteiger partial charge in [0.15, 0.2) is 5.78 Å². The zero-order valence-electron chi connectivity index (χ0n) is 15.1. The van der Waals surface area contributed by atoms with Crippen molar-refractivity contribution in [3.05, 3.63) is 70.3 Å². The van der Waals surface area contributed by atoms with E-state index in [4.69, 9.17) is 16.7 Å². The SMILES string of the molecule is CC(=O)c1ccc(NC(=O)/C=C(/C)C(=O)Nc2ccc(Cl)c(C(=O)O)c2)cc1. The van der Waals surface area contributed by atoms with Crippen LogP contribution in [0.25, 0.3) is 0 Å².